The van der Waals surface area contributed by atoms with E-state index in [-0.39, 0.29) is 0 Å². The molecule has 1 N–H and O–H groups in total. The highest BCUT2D eigenvalue weighted by Gasteiger charge is 2.24. The molecule has 1 amide bonds. The number of nitrogens with one attached hydrogen (secondary N) is 1. The summed E-state index contributed by atoms with van der Waals surface area (Å²) in [6.45, 7) is 7.36. The van der Waals surface area contributed by atoms with Gasteiger partial charge in [-0.05, 0) is 38.4 Å². The van der Waals surface area contributed by atoms with Gasteiger partial charge in [-0.15, -0.1) is 0 Å². The van der Waals surface area contributed by atoms with Gasteiger partial charge in [-0.1, -0.05) is 18.2 Å². The van der Waals surface area contributed by atoms with Crippen LogP contribution in [-0.4, -0.2) is 62.3 Å². The predicted octanol–water partition coefficient (Wildman–Crippen LogP) is 1.88. The first-order valence-electron chi connectivity index (χ1n) is 9.17. The summed E-state index contributed by atoms with van der Waals surface area (Å²) in [6.07, 6.45) is 2.92. The normalized spacial score (nSPS) is 24.4. The van der Waals surface area contributed by atoms with Crippen molar-refractivity contribution in [1.82, 2.24) is 10.2 Å². The van der Waals surface area contributed by atoms with Gasteiger partial charge in [-0.3, -0.25) is 4.79 Å². The molecule has 0 aliphatic carbocycles. The van der Waals surface area contributed by atoms with Gasteiger partial charge < -0.3 is 19.9 Å². The van der Waals surface area contributed by atoms with Crippen LogP contribution in [-0.2, 0) is 9.53 Å². The Morgan fingerprint density at radius 3 is 2.62 bits per heavy atom. The van der Waals surface area contributed by atoms with Crippen LogP contribution in [0.2, 0.25) is 0 Å². The van der Waals surface area contributed by atoms with Gasteiger partial charge in [-0.2, -0.15) is 0 Å². The van der Waals surface area contributed by atoms with E-state index in [9.17, 15) is 4.79 Å². The average Bonchev–Trinajstić information content (AvgIpc) is 3.04. The SMILES string of the molecule is C[C@H]1OCC[C@H]1NCCCC(=O)N1CCN(c2ccccc2)CC1. The number of nitrogens with zero attached hydrogens (tertiary/aromatic N) is 2. The van der Waals surface area contributed by atoms with E-state index in [0.29, 0.717) is 24.5 Å². The van der Waals surface area contributed by atoms with E-state index < -0.39 is 0 Å². The number of hydrogen-bond donors (Lipinski definition) is 1. The van der Waals surface area contributed by atoms with Gasteiger partial charge in [0.2, 0.25) is 5.91 Å². The number of rotatable bonds is 6. The minimum absolute atomic E-state index is 0.292. The lowest BCUT2D eigenvalue weighted by molar-refractivity contribution is -0.131. The van der Waals surface area contributed by atoms with E-state index >= 15 is 0 Å². The Kier molecular flexibility index (Phi) is 6.10. The second-order valence-corrected chi connectivity index (χ2v) is 6.73. The van der Waals surface area contributed by atoms with Crippen molar-refractivity contribution in [2.24, 2.45) is 0 Å². The summed E-state index contributed by atoms with van der Waals surface area (Å²) in [6, 6.07) is 10.9. The molecule has 1 aromatic rings. The lowest BCUT2D eigenvalue weighted by Crippen LogP contribution is -2.48. The molecule has 0 unspecified atom stereocenters. The van der Waals surface area contributed by atoms with Crippen molar-refractivity contribution in [2.45, 2.75) is 38.3 Å². The van der Waals surface area contributed by atoms with Gasteiger partial charge in [-0.25, -0.2) is 0 Å². The van der Waals surface area contributed by atoms with Crippen molar-refractivity contribution in [2.75, 3.05) is 44.2 Å². The first-order chi connectivity index (χ1) is 11.7. The third-order valence-corrected chi connectivity index (χ3v) is 5.10. The topological polar surface area (TPSA) is 44.8 Å². The summed E-state index contributed by atoms with van der Waals surface area (Å²) in [4.78, 5) is 16.7. The summed E-state index contributed by atoms with van der Waals surface area (Å²) >= 11 is 0. The Morgan fingerprint density at radius 2 is 1.96 bits per heavy atom. The molecule has 2 fully saturated rings. The van der Waals surface area contributed by atoms with E-state index in [2.05, 4.69) is 41.4 Å². The quantitative estimate of drug-likeness (QED) is 0.809. The molecule has 0 aromatic heterocycles. The van der Waals surface area contributed by atoms with E-state index in [4.69, 9.17) is 4.74 Å². The third-order valence-electron chi connectivity index (χ3n) is 5.10. The molecule has 1 aromatic carbocycles. The Labute approximate surface area is 145 Å². The molecule has 0 spiro atoms. The Morgan fingerprint density at radius 1 is 1.21 bits per heavy atom. The molecule has 5 nitrogen and oxygen atoms in total. The van der Waals surface area contributed by atoms with Crippen LogP contribution in [0.15, 0.2) is 30.3 Å². The zero-order valence-corrected chi connectivity index (χ0v) is 14.6. The lowest BCUT2D eigenvalue weighted by Gasteiger charge is -2.36. The number of piperazine rings is 1. The molecule has 2 heterocycles. The fraction of sp³-hybridized carbons (Fsp3) is 0.632. The molecule has 0 bridgehead atoms. The third kappa shape index (κ3) is 4.48. The fourth-order valence-corrected chi connectivity index (χ4v) is 3.54. The molecule has 0 radical (unpaired) electrons. The molecule has 2 aliphatic rings. The Hall–Kier alpha value is -1.59. The number of para-hydroxylation sites is 1. The smallest absolute Gasteiger partial charge is 0.222 e. The van der Waals surface area contributed by atoms with E-state index in [1.165, 1.54) is 5.69 Å². The second-order valence-electron chi connectivity index (χ2n) is 6.73. The van der Waals surface area contributed by atoms with Crippen molar-refractivity contribution in [3.63, 3.8) is 0 Å². The van der Waals surface area contributed by atoms with Crippen molar-refractivity contribution >= 4 is 11.6 Å². The van der Waals surface area contributed by atoms with Gasteiger partial charge in [0.25, 0.3) is 0 Å². The Balaban J connectivity index is 1.33. The highest BCUT2D eigenvalue weighted by molar-refractivity contribution is 5.76. The summed E-state index contributed by atoms with van der Waals surface area (Å²) in [7, 11) is 0. The lowest BCUT2D eigenvalue weighted by atomic mass is 10.1. The van der Waals surface area contributed by atoms with Crippen molar-refractivity contribution in [1.29, 1.82) is 0 Å². The molecule has 0 saturated carbocycles. The molecular formula is C19H29N3O2. The van der Waals surface area contributed by atoms with Crippen molar-refractivity contribution in [3.8, 4) is 0 Å². The molecule has 132 valence electrons. The number of anilines is 1. The molecule has 24 heavy (non-hydrogen) atoms. The minimum Gasteiger partial charge on any atom is -0.377 e. The van der Waals surface area contributed by atoms with Gasteiger partial charge in [0.05, 0.1) is 6.10 Å². The van der Waals surface area contributed by atoms with Gasteiger partial charge in [0.1, 0.15) is 0 Å². The zero-order chi connectivity index (χ0) is 16.8. The number of hydrogen-bond acceptors (Lipinski definition) is 4. The monoisotopic (exact) mass is 331 g/mol. The maximum Gasteiger partial charge on any atom is 0.222 e. The summed E-state index contributed by atoms with van der Waals surface area (Å²) in [5.41, 5.74) is 1.25. The number of ether oxygens (including phenoxy) is 1. The molecule has 3 rings (SSSR count). The summed E-state index contributed by atoms with van der Waals surface area (Å²) < 4.78 is 5.54. The van der Waals surface area contributed by atoms with Crippen LogP contribution >= 0.6 is 0 Å². The van der Waals surface area contributed by atoms with E-state index in [0.717, 1.165) is 52.2 Å². The van der Waals surface area contributed by atoms with Crippen LogP contribution in [0.4, 0.5) is 5.69 Å². The molecule has 2 aliphatic heterocycles. The standard InChI is InChI=1S/C19H29N3O2/c1-16-18(9-15-24-16)20-10-5-8-19(23)22-13-11-21(12-14-22)17-6-3-2-4-7-17/h2-4,6-7,16,18,20H,5,8-15H2,1H3/t16-,18-/m1/s1. The first-order valence-corrected chi connectivity index (χ1v) is 9.17. The second kappa shape index (κ2) is 8.49. The largest absolute Gasteiger partial charge is 0.377 e. The predicted molar refractivity (Wildman–Crippen MR) is 96.3 cm³/mol. The molecule has 2 atom stereocenters. The number of carbonyl (C=O) groups is 1. The van der Waals surface area contributed by atoms with Crippen LogP contribution in [0.25, 0.3) is 0 Å². The fourth-order valence-electron chi connectivity index (χ4n) is 3.54. The zero-order valence-electron chi connectivity index (χ0n) is 14.6. The van der Waals surface area contributed by atoms with Crippen LogP contribution in [0, 0.1) is 0 Å². The number of amides is 1. The highest BCUT2D eigenvalue weighted by Crippen LogP contribution is 2.16. The minimum atomic E-state index is 0.292. The summed E-state index contributed by atoms with van der Waals surface area (Å²) in [5, 5.41) is 3.51. The maximum atomic E-state index is 12.4. The van der Waals surface area contributed by atoms with Crippen LogP contribution in [0.3, 0.4) is 0 Å². The molecule has 5 heteroatoms. The van der Waals surface area contributed by atoms with Crippen molar-refractivity contribution in [3.05, 3.63) is 30.3 Å². The van der Waals surface area contributed by atoms with E-state index in [1.807, 2.05) is 11.0 Å². The van der Waals surface area contributed by atoms with Crippen molar-refractivity contribution < 1.29 is 9.53 Å². The first kappa shape index (κ1) is 17.2. The molecule has 2 saturated heterocycles. The number of carbonyl (C=O) groups excluding carboxylic acids is 1. The van der Waals surface area contributed by atoms with Crippen LogP contribution in [0.5, 0.6) is 0 Å². The summed E-state index contributed by atoms with van der Waals surface area (Å²) in [5.74, 6) is 0.292. The highest BCUT2D eigenvalue weighted by atomic mass is 16.5. The van der Waals surface area contributed by atoms with E-state index in [1.54, 1.807) is 0 Å². The van der Waals surface area contributed by atoms with Gasteiger partial charge in [0.15, 0.2) is 0 Å². The average molecular weight is 331 g/mol. The van der Waals surface area contributed by atoms with Gasteiger partial charge >= 0.3 is 0 Å². The maximum absolute atomic E-state index is 12.4. The molecular weight excluding hydrogens is 302 g/mol. The number of benzene rings is 1. The van der Waals surface area contributed by atoms with Gasteiger partial charge in [0, 0.05) is 50.9 Å². The van der Waals surface area contributed by atoms with Crippen LogP contribution in [0.1, 0.15) is 26.2 Å². The van der Waals surface area contributed by atoms with Crippen LogP contribution < -0.4 is 10.2 Å². The Bertz CT molecular complexity index is 515.